The third-order valence-electron chi connectivity index (χ3n) is 9.08. The molecular weight excluding hydrogens is 462 g/mol. The Bertz CT molecular complexity index is 679. The SMILES string of the molecule is CNC(=O)CC1CCC(CNC2NCNC(N3CCC[C@@H]3C3CCC(C(F)(F)F)CC3)C2F)CC1. The number of carbonyl (C=O) groups is 1. The summed E-state index contributed by atoms with van der Waals surface area (Å²) in [7, 11) is 1.67. The van der Waals surface area contributed by atoms with Gasteiger partial charge in [-0.2, -0.15) is 13.2 Å². The van der Waals surface area contributed by atoms with Gasteiger partial charge in [0, 0.05) is 32.7 Å². The van der Waals surface area contributed by atoms with Gasteiger partial charge in [0.15, 0.2) is 6.17 Å². The van der Waals surface area contributed by atoms with Crippen molar-refractivity contribution in [2.45, 2.75) is 101 Å². The molecule has 10 heteroatoms. The number of nitrogens with one attached hydrogen (secondary N) is 4. The van der Waals surface area contributed by atoms with Crippen molar-refractivity contribution in [3.63, 3.8) is 0 Å². The van der Waals surface area contributed by atoms with E-state index >= 15 is 4.39 Å². The van der Waals surface area contributed by atoms with E-state index in [0.717, 1.165) is 51.6 Å². The van der Waals surface area contributed by atoms with Gasteiger partial charge in [0.25, 0.3) is 0 Å². The van der Waals surface area contributed by atoms with Crippen LogP contribution >= 0.6 is 0 Å². The monoisotopic (exact) mass is 505 g/mol. The fourth-order valence-electron chi connectivity index (χ4n) is 6.96. The summed E-state index contributed by atoms with van der Waals surface area (Å²) in [6.45, 7) is 2.05. The van der Waals surface area contributed by atoms with Crippen molar-refractivity contribution in [1.82, 2.24) is 26.2 Å². The molecule has 3 unspecified atom stereocenters. The highest BCUT2D eigenvalue weighted by Gasteiger charge is 2.46. The molecule has 6 nitrogen and oxygen atoms in total. The number of halogens is 4. The number of rotatable bonds is 7. The molecule has 4 atom stereocenters. The minimum Gasteiger partial charge on any atom is -0.359 e. The van der Waals surface area contributed by atoms with E-state index in [1.807, 2.05) is 0 Å². The van der Waals surface area contributed by atoms with Crippen LogP contribution in [0.4, 0.5) is 17.6 Å². The van der Waals surface area contributed by atoms with Crippen LogP contribution in [-0.2, 0) is 4.79 Å². The van der Waals surface area contributed by atoms with Crippen molar-refractivity contribution >= 4 is 5.91 Å². The first-order chi connectivity index (χ1) is 16.8. The van der Waals surface area contributed by atoms with Gasteiger partial charge in [0.1, 0.15) is 0 Å². The fraction of sp³-hybridized carbons (Fsp3) is 0.960. The number of amides is 1. The molecule has 2 aliphatic carbocycles. The summed E-state index contributed by atoms with van der Waals surface area (Å²) in [6, 6.07) is 0.161. The molecule has 0 aromatic rings. The molecular formula is C25H43F4N5O. The summed E-state index contributed by atoms with van der Waals surface area (Å²) < 4.78 is 55.0. The summed E-state index contributed by atoms with van der Waals surface area (Å²) >= 11 is 0. The molecule has 4 N–H and O–H groups in total. The number of hydrogen-bond acceptors (Lipinski definition) is 5. The van der Waals surface area contributed by atoms with Crippen LogP contribution in [-0.4, -0.2) is 68.3 Å². The van der Waals surface area contributed by atoms with Crippen molar-refractivity contribution in [3.8, 4) is 0 Å². The lowest BCUT2D eigenvalue weighted by Gasteiger charge is -2.45. The number of nitrogens with zero attached hydrogens (tertiary/aromatic N) is 1. The predicted octanol–water partition coefficient (Wildman–Crippen LogP) is 3.49. The van der Waals surface area contributed by atoms with Gasteiger partial charge in [-0.25, -0.2) is 4.39 Å². The first-order valence-corrected chi connectivity index (χ1v) is 13.6. The lowest BCUT2D eigenvalue weighted by atomic mass is 9.77. The molecule has 4 rings (SSSR count). The van der Waals surface area contributed by atoms with Crippen LogP contribution < -0.4 is 21.3 Å². The zero-order valence-electron chi connectivity index (χ0n) is 20.9. The molecule has 0 bridgehead atoms. The molecule has 35 heavy (non-hydrogen) atoms. The molecule has 1 amide bonds. The molecule has 0 spiro atoms. The van der Waals surface area contributed by atoms with Crippen molar-refractivity contribution in [3.05, 3.63) is 0 Å². The van der Waals surface area contributed by atoms with Crippen LogP contribution in [0.3, 0.4) is 0 Å². The Morgan fingerprint density at radius 2 is 1.66 bits per heavy atom. The Kier molecular flexibility index (Phi) is 9.32. The van der Waals surface area contributed by atoms with E-state index in [1.54, 1.807) is 7.05 Å². The Morgan fingerprint density at radius 1 is 0.971 bits per heavy atom. The fourth-order valence-corrected chi connectivity index (χ4v) is 6.96. The van der Waals surface area contributed by atoms with Crippen LogP contribution in [0.5, 0.6) is 0 Å². The van der Waals surface area contributed by atoms with Crippen LogP contribution in [0.1, 0.15) is 70.6 Å². The number of carbonyl (C=O) groups excluding carboxylic acids is 1. The van der Waals surface area contributed by atoms with Gasteiger partial charge in [-0.05, 0) is 88.5 Å². The molecule has 4 fully saturated rings. The van der Waals surface area contributed by atoms with E-state index in [9.17, 15) is 18.0 Å². The largest absolute Gasteiger partial charge is 0.391 e. The summed E-state index contributed by atoms with van der Waals surface area (Å²) in [5.41, 5.74) is 0. The summed E-state index contributed by atoms with van der Waals surface area (Å²) in [6.07, 6.45) is 2.16. The Balaban J connectivity index is 1.25. The molecule has 202 valence electrons. The molecule has 0 radical (unpaired) electrons. The maximum atomic E-state index is 15.7. The number of hydrogen-bond donors (Lipinski definition) is 4. The minimum absolute atomic E-state index is 0.102. The highest BCUT2D eigenvalue weighted by Crippen LogP contribution is 2.43. The van der Waals surface area contributed by atoms with Gasteiger partial charge in [-0.15, -0.1) is 0 Å². The zero-order chi connectivity index (χ0) is 25.0. The standard InChI is InChI=1S/C25H43F4N5O/c1-30-21(35)13-16-4-6-17(7-5-16)14-31-23-22(26)24(33-15-32-23)34-12-2-3-20(34)18-8-10-19(11-9-18)25(27,28)29/h16-20,22-24,31-33H,2-15H2,1H3,(H,30,35)/t16?,17?,18?,19?,20-,22?,23?,24?/m1/s1. The second-order valence-electron chi connectivity index (χ2n) is 11.2. The van der Waals surface area contributed by atoms with Crippen molar-refractivity contribution in [2.24, 2.45) is 23.7 Å². The highest BCUT2D eigenvalue weighted by atomic mass is 19.4. The van der Waals surface area contributed by atoms with Gasteiger partial charge in [-0.3, -0.25) is 25.6 Å². The lowest BCUT2D eigenvalue weighted by molar-refractivity contribution is -0.185. The van der Waals surface area contributed by atoms with Gasteiger partial charge in [0.2, 0.25) is 5.91 Å². The molecule has 2 saturated heterocycles. The van der Waals surface area contributed by atoms with Crippen LogP contribution in [0.25, 0.3) is 0 Å². The molecule has 2 heterocycles. The van der Waals surface area contributed by atoms with E-state index in [2.05, 4.69) is 26.2 Å². The first kappa shape index (κ1) is 27.1. The van der Waals surface area contributed by atoms with E-state index in [0.29, 0.717) is 37.8 Å². The first-order valence-electron chi connectivity index (χ1n) is 13.6. The Labute approximate surface area is 206 Å². The third kappa shape index (κ3) is 6.87. The van der Waals surface area contributed by atoms with Gasteiger partial charge in [-0.1, -0.05) is 0 Å². The zero-order valence-corrected chi connectivity index (χ0v) is 20.9. The third-order valence-corrected chi connectivity index (χ3v) is 9.08. The van der Waals surface area contributed by atoms with E-state index in [4.69, 9.17) is 0 Å². The normalized spacial score (nSPS) is 39.5. The van der Waals surface area contributed by atoms with Crippen molar-refractivity contribution in [2.75, 3.05) is 26.8 Å². The predicted molar refractivity (Wildman–Crippen MR) is 127 cm³/mol. The van der Waals surface area contributed by atoms with E-state index in [1.165, 1.54) is 0 Å². The molecule has 0 aromatic carbocycles. The second kappa shape index (κ2) is 12.0. The van der Waals surface area contributed by atoms with Crippen LogP contribution in [0.2, 0.25) is 0 Å². The quantitative estimate of drug-likeness (QED) is 0.399. The van der Waals surface area contributed by atoms with Gasteiger partial charge >= 0.3 is 6.18 Å². The van der Waals surface area contributed by atoms with Gasteiger partial charge in [0.05, 0.1) is 18.2 Å². The summed E-state index contributed by atoms with van der Waals surface area (Å²) in [5.74, 6) is 0.0789. The van der Waals surface area contributed by atoms with Crippen molar-refractivity contribution < 1.29 is 22.4 Å². The maximum Gasteiger partial charge on any atom is 0.391 e. The molecule has 0 aromatic heterocycles. The average molecular weight is 506 g/mol. The molecule has 4 aliphatic rings. The minimum atomic E-state index is -4.09. The molecule has 2 saturated carbocycles. The van der Waals surface area contributed by atoms with Crippen LogP contribution in [0.15, 0.2) is 0 Å². The number of likely N-dealkylation sites (tertiary alicyclic amines) is 1. The Hall–Kier alpha value is -0.970. The maximum absolute atomic E-state index is 15.7. The summed E-state index contributed by atoms with van der Waals surface area (Å²) in [4.78, 5) is 13.8. The van der Waals surface area contributed by atoms with E-state index in [-0.39, 0.29) is 30.7 Å². The van der Waals surface area contributed by atoms with Gasteiger partial charge < -0.3 is 5.32 Å². The highest BCUT2D eigenvalue weighted by molar-refractivity contribution is 5.75. The van der Waals surface area contributed by atoms with Crippen LogP contribution in [0, 0.1) is 23.7 Å². The smallest absolute Gasteiger partial charge is 0.359 e. The average Bonchev–Trinajstić information content (AvgIpc) is 3.33. The topological polar surface area (TPSA) is 68.4 Å². The lowest BCUT2D eigenvalue weighted by Crippen LogP contribution is -2.69. The summed E-state index contributed by atoms with van der Waals surface area (Å²) in [5, 5.41) is 12.6. The van der Waals surface area contributed by atoms with Crippen molar-refractivity contribution in [1.29, 1.82) is 0 Å². The number of alkyl halides is 4. The van der Waals surface area contributed by atoms with E-state index < -0.39 is 30.6 Å². The second-order valence-corrected chi connectivity index (χ2v) is 11.2. The Morgan fingerprint density at radius 3 is 2.31 bits per heavy atom. The molecule has 2 aliphatic heterocycles.